The molecule has 1 aliphatic carbocycles. The summed E-state index contributed by atoms with van der Waals surface area (Å²) in [6.45, 7) is 0. The number of hydrogen-bond donors (Lipinski definition) is 0. The van der Waals surface area contributed by atoms with Gasteiger partial charge in [-0.15, -0.1) is 0 Å². The van der Waals surface area contributed by atoms with Gasteiger partial charge in [0.2, 0.25) is 5.92 Å². The van der Waals surface area contributed by atoms with Crippen molar-refractivity contribution in [2.75, 3.05) is 0 Å². The molecule has 2 fully saturated rings. The summed E-state index contributed by atoms with van der Waals surface area (Å²) in [6, 6.07) is 4.52. The SMILES string of the molecule is Fc1cccc(C2OC23CCC(F)(F)CC3)c1Cl. The van der Waals surface area contributed by atoms with E-state index in [1.165, 1.54) is 6.07 Å². The second-order valence-corrected chi connectivity index (χ2v) is 5.44. The minimum atomic E-state index is -2.59. The largest absolute Gasteiger partial charge is 0.361 e. The summed E-state index contributed by atoms with van der Waals surface area (Å²) in [5.74, 6) is -3.09. The zero-order chi connectivity index (χ0) is 13.0. The van der Waals surface area contributed by atoms with Gasteiger partial charge in [-0.1, -0.05) is 23.7 Å². The van der Waals surface area contributed by atoms with Crippen molar-refractivity contribution in [1.82, 2.24) is 0 Å². The van der Waals surface area contributed by atoms with Crippen molar-refractivity contribution in [2.45, 2.75) is 43.3 Å². The van der Waals surface area contributed by atoms with Crippen molar-refractivity contribution in [3.8, 4) is 0 Å². The molecule has 98 valence electrons. The van der Waals surface area contributed by atoms with Crippen LogP contribution < -0.4 is 0 Å². The van der Waals surface area contributed by atoms with Crippen LogP contribution in [0.2, 0.25) is 5.02 Å². The van der Waals surface area contributed by atoms with Crippen LogP contribution in [0.1, 0.15) is 37.4 Å². The van der Waals surface area contributed by atoms with Gasteiger partial charge in [0, 0.05) is 18.4 Å². The Hall–Kier alpha value is -0.740. The van der Waals surface area contributed by atoms with E-state index in [-0.39, 0.29) is 24.0 Å². The predicted molar refractivity (Wildman–Crippen MR) is 61.4 cm³/mol. The van der Waals surface area contributed by atoms with E-state index in [9.17, 15) is 13.2 Å². The third-order valence-corrected chi connectivity index (χ3v) is 4.26. The zero-order valence-corrected chi connectivity index (χ0v) is 10.3. The Kier molecular flexibility index (Phi) is 2.65. The van der Waals surface area contributed by atoms with Crippen molar-refractivity contribution >= 4 is 11.6 Å². The maximum atomic E-state index is 13.3. The van der Waals surface area contributed by atoms with Crippen LogP contribution in [0, 0.1) is 5.82 Å². The molecule has 1 aliphatic heterocycles. The molecule has 1 atom stereocenters. The zero-order valence-electron chi connectivity index (χ0n) is 9.56. The maximum absolute atomic E-state index is 13.3. The molecule has 0 radical (unpaired) electrons. The minimum absolute atomic E-state index is 0.0386. The highest BCUT2D eigenvalue weighted by Crippen LogP contribution is 2.60. The summed E-state index contributed by atoms with van der Waals surface area (Å²) in [7, 11) is 0. The van der Waals surface area contributed by atoms with Crippen LogP contribution in [0.4, 0.5) is 13.2 Å². The van der Waals surface area contributed by atoms with Crippen LogP contribution in [0.5, 0.6) is 0 Å². The van der Waals surface area contributed by atoms with Crippen LogP contribution in [-0.2, 0) is 4.74 Å². The molecule has 1 saturated heterocycles. The fourth-order valence-electron chi connectivity index (χ4n) is 2.69. The normalized spacial score (nSPS) is 28.3. The second-order valence-electron chi connectivity index (χ2n) is 5.06. The Morgan fingerprint density at radius 2 is 1.83 bits per heavy atom. The molecule has 1 nitrogen and oxygen atoms in total. The molecule has 0 bridgehead atoms. The number of alkyl halides is 2. The van der Waals surface area contributed by atoms with Crippen LogP contribution in [0.25, 0.3) is 0 Å². The average molecular weight is 277 g/mol. The van der Waals surface area contributed by atoms with Gasteiger partial charge in [0.25, 0.3) is 0 Å². The maximum Gasteiger partial charge on any atom is 0.248 e. The number of epoxide rings is 1. The van der Waals surface area contributed by atoms with Gasteiger partial charge in [0.15, 0.2) is 0 Å². The number of halogens is 4. The summed E-state index contributed by atoms with van der Waals surface area (Å²) < 4.78 is 45.1. The second kappa shape index (κ2) is 3.87. The molecule has 0 amide bonds. The Labute approximate surface area is 108 Å². The van der Waals surface area contributed by atoms with Gasteiger partial charge in [0.1, 0.15) is 11.9 Å². The van der Waals surface area contributed by atoms with Crippen LogP contribution in [0.3, 0.4) is 0 Å². The summed E-state index contributed by atoms with van der Waals surface area (Å²) >= 11 is 5.88. The highest BCUT2D eigenvalue weighted by Gasteiger charge is 2.61. The van der Waals surface area contributed by atoms with Crippen LogP contribution in [-0.4, -0.2) is 11.5 Å². The first-order valence-electron chi connectivity index (χ1n) is 5.93. The highest BCUT2D eigenvalue weighted by molar-refractivity contribution is 6.31. The third kappa shape index (κ3) is 1.91. The van der Waals surface area contributed by atoms with E-state index in [1.807, 2.05) is 0 Å². The number of benzene rings is 1. The lowest BCUT2D eigenvalue weighted by molar-refractivity contribution is -0.0508. The molecule has 1 heterocycles. The van der Waals surface area contributed by atoms with Gasteiger partial charge in [0.05, 0.1) is 10.6 Å². The van der Waals surface area contributed by atoms with Gasteiger partial charge in [-0.2, -0.15) is 0 Å². The van der Waals surface area contributed by atoms with E-state index in [0.717, 1.165) is 0 Å². The minimum Gasteiger partial charge on any atom is -0.361 e. The van der Waals surface area contributed by atoms with E-state index in [0.29, 0.717) is 18.4 Å². The molecule has 0 N–H and O–H groups in total. The third-order valence-electron chi connectivity index (χ3n) is 3.86. The standard InChI is InChI=1S/C13H12ClF3O/c14-10-8(2-1-3-9(10)15)11-12(18-11)4-6-13(16,17)7-5-12/h1-3,11H,4-7H2. The van der Waals surface area contributed by atoms with Gasteiger partial charge in [-0.25, -0.2) is 13.2 Å². The molecule has 1 aromatic rings. The van der Waals surface area contributed by atoms with E-state index < -0.39 is 17.3 Å². The van der Waals surface area contributed by atoms with E-state index >= 15 is 0 Å². The molecule has 3 rings (SSSR count). The molecule has 1 aromatic carbocycles. The van der Waals surface area contributed by atoms with Gasteiger partial charge in [-0.3, -0.25) is 0 Å². The summed E-state index contributed by atoms with van der Waals surface area (Å²) in [4.78, 5) is 0. The Morgan fingerprint density at radius 3 is 2.50 bits per heavy atom. The van der Waals surface area contributed by atoms with E-state index in [2.05, 4.69) is 0 Å². The van der Waals surface area contributed by atoms with Crippen molar-refractivity contribution in [3.63, 3.8) is 0 Å². The molecule has 1 unspecified atom stereocenters. The van der Waals surface area contributed by atoms with Crippen molar-refractivity contribution in [3.05, 3.63) is 34.6 Å². The van der Waals surface area contributed by atoms with Crippen molar-refractivity contribution in [2.24, 2.45) is 0 Å². The topological polar surface area (TPSA) is 12.5 Å². The monoisotopic (exact) mass is 276 g/mol. The Morgan fingerprint density at radius 1 is 1.17 bits per heavy atom. The lowest BCUT2D eigenvalue weighted by Crippen LogP contribution is -2.30. The Balaban J connectivity index is 1.80. The first-order chi connectivity index (χ1) is 8.44. The van der Waals surface area contributed by atoms with Crippen molar-refractivity contribution < 1.29 is 17.9 Å². The van der Waals surface area contributed by atoms with Gasteiger partial charge < -0.3 is 4.74 Å². The van der Waals surface area contributed by atoms with E-state index in [4.69, 9.17) is 16.3 Å². The number of rotatable bonds is 1. The predicted octanol–water partition coefficient (Wildman–Crippen LogP) is 4.50. The molecule has 18 heavy (non-hydrogen) atoms. The van der Waals surface area contributed by atoms with Crippen molar-refractivity contribution in [1.29, 1.82) is 0 Å². The quantitative estimate of drug-likeness (QED) is 0.688. The summed E-state index contributed by atoms with van der Waals surface area (Å²) in [5, 5.41) is 0.0386. The Bertz CT molecular complexity index is 479. The molecular formula is C13H12ClF3O. The molecule has 2 aliphatic rings. The summed E-state index contributed by atoms with van der Waals surface area (Å²) in [6.07, 6.45) is -0.0705. The molecular weight excluding hydrogens is 265 g/mol. The fourth-order valence-corrected chi connectivity index (χ4v) is 2.91. The van der Waals surface area contributed by atoms with Gasteiger partial charge in [-0.05, 0) is 18.9 Å². The van der Waals surface area contributed by atoms with Gasteiger partial charge >= 0.3 is 0 Å². The first kappa shape index (κ1) is 12.3. The smallest absolute Gasteiger partial charge is 0.248 e. The fraction of sp³-hybridized carbons (Fsp3) is 0.538. The van der Waals surface area contributed by atoms with Crippen LogP contribution in [0.15, 0.2) is 18.2 Å². The summed E-state index contributed by atoms with van der Waals surface area (Å²) in [5.41, 5.74) is 0.0286. The average Bonchev–Trinajstić information content (AvgIpc) is 3.02. The molecule has 5 heteroatoms. The lowest BCUT2D eigenvalue weighted by atomic mass is 9.82. The molecule has 1 spiro atoms. The van der Waals surface area contributed by atoms with E-state index in [1.54, 1.807) is 12.1 Å². The lowest BCUT2D eigenvalue weighted by Gasteiger charge is -2.26. The highest BCUT2D eigenvalue weighted by atomic mass is 35.5. The van der Waals surface area contributed by atoms with Crippen LogP contribution >= 0.6 is 11.6 Å². The molecule has 0 aromatic heterocycles. The molecule has 1 saturated carbocycles. The number of ether oxygens (including phenoxy) is 1. The number of hydrogen-bond acceptors (Lipinski definition) is 1. The first-order valence-corrected chi connectivity index (χ1v) is 6.31.